The minimum Gasteiger partial charge on any atom is -0.463 e. The van der Waals surface area contributed by atoms with E-state index in [4.69, 9.17) is 4.74 Å². The Morgan fingerprint density at radius 1 is 1.10 bits per heavy atom. The van der Waals surface area contributed by atoms with Gasteiger partial charge in [0.2, 0.25) is 0 Å². The van der Waals surface area contributed by atoms with Crippen LogP contribution in [0.15, 0.2) is 65.9 Å². The highest BCUT2D eigenvalue weighted by molar-refractivity contribution is 6.22. The van der Waals surface area contributed by atoms with Gasteiger partial charge in [-0.15, -0.1) is 0 Å². The van der Waals surface area contributed by atoms with Crippen molar-refractivity contribution in [1.29, 1.82) is 0 Å². The molecule has 2 atom stereocenters. The number of nitrogens with zero attached hydrogens (tertiary/aromatic N) is 1. The first-order valence-corrected chi connectivity index (χ1v) is 9.24. The molecule has 162 valence electrons. The van der Waals surface area contributed by atoms with E-state index < -0.39 is 46.4 Å². The lowest BCUT2D eigenvalue weighted by molar-refractivity contribution is -0.265. The maximum absolute atomic E-state index is 15.2. The zero-order valence-corrected chi connectivity index (χ0v) is 16.2. The molecule has 0 N–H and O–H groups in total. The molecule has 1 aromatic rings. The van der Waals surface area contributed by atoms with Crippen molar-refractivity contribution in [1.82, 2.24) is 4.90 Å². The Morgan fingerprint density at radius 3 is 2.30 bits per heavy atom. The van der Waals surface area contributed by atoms with Gasteiger partial charge in [-0.3, -0.25) is 0 Å². The molecule has 1 aromatic carbocycles. The Bertz CT molecular complexity index is 908. The van der Waals surface area contributed by atoms with Gasteiger partial charge in [0.05, 0.1) is 24.3 Å². The summed E-state index contributed by atoms with van der Waals surface area (Å²) in [6, 6.07) is 4.42. The van der Waals surface area contributed by atoms with Crippen molar-refractivity contribution in [2.75, 3.05) is 6.61 Å². The lowest BCUT2D eigenvalue weighted by Crippen LogP contribution is -2.53. The van der Waals surface area contributed by atoms with Crippen LogP contribution in [0.5, 0.6) is 0 Å². The summed E-state index contributed by atoms with van der Waals surface area (Å²) in [5.41, 5.74) is -2.19. The second-order valence-electron chi connectivity index (χ2n) is 6.63. The second kappa shape index (κ2) is 7.68. The first-order valence-electron chi connectivity index (χ1n) is 8.86. The van der Waals surface area contributed by atoms with E-state index in [0.29, 0.717) is 0 Å². The molecule has 2 unspecified atom stereocenters. The second-order valence-corrected chi connectivity index (χ2v) is 7.10. The van der Waals surface area contributed by atoms with Gasteiger partial charge in [-0.25, -0.2) is 4.79 Å². The van der Waals surface area contributed by atoms with Crippen LogP contribution < -0.4 is 0 Å². The summed E-state index contributed by atoms with van der Waals surface area (Å²) in [6.07, 6.45) is 5.52. The largest absolute Gasteiger partial charge is 0.463 e. The summed E-state index contributed by atoms with van der Waals surface area (Å²) in [6.45, 7) is 1.17. The molecule has 3 nitrogen and oxygen atoms in total. The van der Waals surface area contributed by atoms with Gasteiger partial charge in [0.25, 0.3) is 0 Å². The smallest absolute Gasteiger partial charge is 0.390 e. The van der Waals surface area contributed by atoms with Crippen LogP contribution in [0.3, 0.4) is 0 Å². The van der Waals surface area contributed by atoms with Crippen molar-refractivity contribution >= 4 is 17.6 Å². The number of hydrogen-bond acceptors (Lipinski definition) is 3. The zero-order chi connectivity index (χ0) is 22.3. The lowest BCUT2D eigenvalue weighted by Gasteiger charge is -2.35. The van der Waals surface area contributed by atoms with E-state index in [2.05, 4.69) is 11.6 Å². The fourth-order valence-electron chi connectivity index (χ4n) is 3.56. The molecule has 2 aliphatic heterocycles. The van der Waals surface area contributed by atoms with Crippen molar-refractivity contribution in [3.05, 3.63) is 71.5 Å². The average Bonchev–Trinajstić information content (AvgIpc) is 3.04. The number of allylic oxidation sites excluding steroid dienone is 2. The van der Waals surface area contributed by atoms with Crippen LogP contribution in [0.25, 0.3) is 0 Å². The number of rotatable bonds is 6. The van der Waals surface area contributed by atoms with Gasteiger partial charge in [-0.05, 0) is 30.2 Å². The first-order chi connectivity index (χ1) is 13.9. The number of alkyl halides is 7. The molecule has 0 aliphatic carbocycles. The molecule has 10 heteroatoms. The van der Waals surface area contributed by atoms with Crippen LogP contribution in [-0.2, 0) is 9.53 Å². The monoisotopic (exact) mass is 451 g/mol. The van der Waals surface area contributed by atoms with Crippen LogP contribution >= 0.6 is 11.6 Å². The van der Waals surface area contributed by atoms with Gasteiger partial charge in [0.15, 0.2) is 0 Å². The molecule has 0 fully saturated rings. The maximum Gasteiger partial charge on any atom is 0.390 e. The van der Waals surface area contributed by atoms with Crippen LogP contribution in [0, 0.1) is 0 Å². The minimum absolute atomic E-state index is 0.102. The normalized spacial score (nSPS) is 21.8. The third-order valence-corrected chi connectivity index (χ3v) is 5.08. The van der Waals surface area contributed by atoms with E-state index in [0.717, 1.165) is 0 Å². The van der Waals surface area contributed by atoms with E-state index in [9.17, 15) is 22.4 Å². The average molecular weight is 452 g/mol. The van der Waals surface area contributed by atoms with Crippen molar-refractivity contribution in [2.45, 2.75) is 36.2 Å². The SMILES string of the molecule is CCOC(=O)C1=C(C(F)(F)C(F)(F)C(F)(F)Cl)C(c2ccccc2)N2C=CC=CC12. The van der Waals surface area contributed by atoms with Gasteiger partial charge >= 0.3 is 23.2 Å². The number of ether oxygens (including phenoxy) is 1. The number of hydrogen-bond donors (Lipinski definition) is 0. The Labute approximate surface area is 173 Å². The topological polar surface area (TPSA) is 29.5 Å². The van der Waals surface area contributed by atoms with Crippen LogP contribution in [0.2, 0.25) is 0 Å². The van der Waals surface area contributed by atoms with Crippen molar-refractivity contribution in [2.24, 2.45) is 0 Å². The number of benzene rings is 1. The van der Waals surface area contributed by atoms with Crippen molar-refractivity contribution < 1.29 is 35.9 Å². The van der Waals surface area contributed by atoms with Crippen molar-refractivity contribution in [3.63, 3.8) is 0 Å². The predicted molar refractivity (Wildman–Crippen MR) is 97.4 cm³/mol. The minimum atomic E-state index is -5.98. The Morgan fingerprint density at radius 2 is 1.73 bits per heavy atom. The summed E-state index contributed by atoms with van der Waals surface area (Å²) in [5.74, 6) is -12.8. The number of carbonyl (C=O) groups excluding carboxylic acids is 1. The van der Waals surface area contributed by atoms with E-state index in [1.54, 1.807) is 6.07 Å². The molecule has 2 aliphatic rings. The van der Waals surface area contributed by atoms with Gasteiger partial charge in [-0.1, -0.05) is 42.5 Å². The highest BCUT2D eigenvalue weighted by atomic mass is 35.5. The highest BCUT2D eigenvalue weighted by Gasteiger charge is 2.75. The molecule has 0 amide bonds. The Kier molecular flexibility index (Phi) is 5.70. The molecule has 0 saturated heterocycles. The molecular formula is C20H16ClF6NO2. The van der Waals surface area contributed by atoms with Crippen LogP contribution in [-0.4, -0.2) is 40.7 Å². The third-order valence-electron chi connectivity index (χ3n) is 4.84. The van der Waals surface area contributed by atoms with E-state index >= 15 is 8.78 Å². The molecule has 30 heavy (non-hydrogen) atoms. The number of esters is 1. The van der Waals surface area contributed by atoms with Crippen LogP contribution in [0.4, 0.5) is 26.3 Å². The zero-order valence-electron chi connectivity index (χ0n) is 15.5. The third kappa shape index (κ3) is 3.38. The van der Waals surface area contributed by atoms with Gasteiger partial charge < -0.3 is 9.64 Å². The molecular weight excluding hydrogens is 436 g/mol. The van der Waals surface area contributed by atoms with Gasteiger partial charge in [0.1, 0.15) is 0 Å². The maximum atomic E-state index is 15.2. The summed E-state index contributed by atoms with van der Waals surface area (Å²) < 4.78 is 90.5. The number of carbonyl (C=O) groups is 1. The fraction of sp³-hybridized carbons (Fsp3) is 0.350. The number of halogens is 7. The summed E-state index contributed by atoms with van der Waals surface area (Å²) >= 11 is 4.38. The number of fused-ring (bicyclic) bond motifs is 1. The fourth-order valence-corrected chi connectivity index (χ4v) is 3.68. The van der Waals surface area contributed by atoms with E-state index in [1.807, 2.05) is 0 Å². The Balaban J connectivity index is 2.32. The van der Waals surface area contributed by atoms with Crippen LogP contribution in [0.1, 0.15) is 18.5 Å². The predicted octanol–water partition coefficient (Wildman–Crippen LogP) is 5.46. The highest BCUT2D eigenvalue weighted by Crippen LogP contribution is 2.58. The summed E-state index contributed by atoms with van der Waals surface area (Å²) in [7, 11) is 0. The van der Waals surface area contributed by atoms with E-state index in [-0.39, 0.29) is 12.2 Å². The summed E-state index contributed by atoms with van der Waals surface area (Å²) in [5, 5.41) is -5.57. The standard InChI is InChI=1S/C20H16ClF6NO2/c1-2-30-17(29)14-13-10-6-7-11-28(13)16(12-8-4-3-5-9-12)15(14)18(22,23)19(24,25)20(21,26)27/h3-11,13,16H,2H2,1H3. The molecule has 0 aromatic heterocycles. The molecule has 0 spiro atoms. The molecule has 0 radical (unpaired) electrons. The molecule has 2 heterocycles. The van der Waals surface area contributed by atoms with Crippen molar-refractivity contribution in [3.8, 4) is 0 Å². The molecule has 0 bridgehead atoms. The van der Waals surface area contributed by atoms with Gasteiger partial charge in [-0.2, -0.15) is 26.3 Å². The molecule has 3 rings (SSSR count). The first kappa shape index (κ1) is 22.3. The lowest BCUT2D eigenvalue weighted by atomic mass is 9.88. The van der Waals surface area contributed by atoms with E-state index in [1.165, 1.54) is 60.5 Å². The summed E-state index contributed by atoms with van der Waals surface area (Å²) in [4.78, 5) is 13.8. The quantitative estimate of drug-likeness (QED) is 0.327. The van der Waals surface area contributed by atoms with Gasteiger partial charge in [0, 0.05) is 11.8 Å². The molecule has 0 saturated carbocycles. The Hall–Kier alpha value is -2.42.